The predicted molar refractivity (Wildman–Crippen MR) is 58.4 cm³/mol. The number of aromatic nitrogens is 2. The monoisotopic (exact) mass is 198 g/mol. The molecule has 0 aliphatic rings. The highest BCUT2D eigenvalue weighted by atomic mass is 32.1. The lowest BCUT2D eigenvalue weighted by atomic mass is 10.1. The van der Waals surface area contributed by atoms with Gasteiger partial charge in [-0.15, -0.1) is 0 Å². The Bertz CT molecular complexity index is 309. The maximum atomic E-state index is 5.22. The molecule has 0 aliphatic carbocycles. The van der Waals surface area contributed by atoms with Gasteiger partial charge in [0.25, 0.3) is 0 Å². The molecular weight excluding hydrogens is 180 g/mol. The molecule has 0 amide bonds. The molecule has 3 heteroatoms. The van der Waals surface area contributed by atoms with Crippen LogP contribution in [0.25, 0.3) is 0 Å². The molecule has 0 saturated heterocycles. The summed E-state index contributed by atoms with van der Waals surface area (Å²) in [5.41, 5.74) is 1.26. The Kier molecular flexibility index (Phi) is 3.72. The van der Waals surface area contributed by atoms with Gasteiger partial charge in [-0.2, -0.15) is 0 Å². The van der Waals surface area contributed by atoms with Crippen LogP contribution in [0.1, 0.15) is 32.9 Å². The quantitative estimate of drug-likeness (QED) is 0.737. The van der Waals surface area contributed by atoms with E-state index in [0.29, 0.717) is 5.92 Å². The normalized spacial score (nSPS) is 11.1. The number of hydrogen-bond donors (Lipinski definition) is 1. The lowest BCUT2D eigenvalue weighted by molar-refractivity contribution is 0.569. The zero-order valence-corrected chi connectivity index (χ0v) is 9.45. The smallest absolute Gasteiger partial charge is 0.122 e. The second kappa shape index (κ2) is 4.61. The van der Waals surface area contributed by atoms with Gasteiger partial charge in [-0.25, -0.2) is 0 Å². The summed E-state index contributed by atoms with van der Waals surface area (Å²) in [6.45, 7) is 7.59. The average Bonchev–Trinajstić information content (AvgIpc) is 2.31. The highest BCUT2D eigenvalue weighted by Gasteiger charge is 2.01. The lowest BCUT2D eigenvalue weighted by Gasteiger charge is -2.02. The summed E-state index contributed by atoms with van der Waals surface area (Å²) >= 11 is 5.22. The molecule has 0 radical (unpaired) electrons. The molecule has 0 atom stereocenters. The van der Waals surface area contributed by atoms with Gasteiger partial charge in [0.1, 0.15) is 4.64 Å². The van der Waals surface area contributed by atoms with Crippen LogP contribution >= 0.6 is 12.2 Å². The zero-order chi connectivity index (χ0) is 9.84. The van der Waals surface area contributed by atoms with E-state index >= 15 is 0 Å². The largest absolute Gasteiger partial charge is 0.302 e. The molecule has 0 fully saturated rings. The number of H-pyrrole nitrogens is 1. The fourth-order valence-electron chi connectivity index (χ4n) is 1.42. The molecule has 0 bridgehead atoms. The molecule has 1 heterocycles. The van der Waals surface area contributed by atoms with Gasteiger partial charge in [-0.3, -0.25) is 4.68 Å². The first kappa shape index (κ1) is 10.5. The Balaban J connectivity index is 2.76. The van der Waals surface area contributed by atoms with Gasteiger partial charge in [-0.05, 0) is 24.8 Å². The molecule has 0 unspecified atom stereocenters. The van der Waals surface area contributed by atoms with Crippen LogP contribution in [0.5, 0.6) is 0 Å². The highest BCUT2D eigenvalue weighted by molar-refractivity contribution is 7.71. The van der Waals surface area contributed by atoms with Crippen LogP contribution in [0.4, 0.5) is 0 Å². The number of nitrogens with one attached hydrogen (secondary N) is 1. The Morgan fingerprint density at radius 2 is 2.23 bits per heavy atom. The van der Waals surface area contributed by atoms with Crippen LogP contribution in [-0.2, 0) is 13.0 Å². The molecular formula is C10H18N2S. The summed E-state index contributed by atoms with van der Waals surface area (Å²) in [5, 5.41) is 3.33. The van der Waals surface area contributed by atoms with Gasteiger partial charge in [0.15, 0.2) is 0 Å². The third-order valence-electron chi connectivity index (χ3n) is 1.92. The van der Waals surface area contributed by atoms with Crippen LogP contribution in [-0.4, -0.2) is 9.78 Å². The molecule has 13 heavy (non-hydrogen) atoms. The van der Waals surface area contributed by atoms with E-state index in [1.54, 1.807) is 0 Å². The fourth-order valence-corrected chi connectivity index (χ4v) is 1.70. The van der Waals surface area contributed by atoms with Crippen molar-refractivity contribution >= 4 is 12.2 Å². The molecule has 1 aromatic heterocycles. The molecule has 1 N–H and O–H groups in total. The molecule has 2 nitrogen and oxygen atoms in total. The topological polar surface area (TPSA) is 20.7 Å². The zero-order valence-electron chi connectivity index (χ0n) is 8.63. The Hall–Kier alpha value is -0.570. The maximum Gasteiger partial charge on any atom is 0.122 e. The van der Waals surface area contributed by atoms with Crippen LogP contribution in [0.2, 0.25) is 0 Å². The molecule has 0 aliphatic heterocycles. The number of hydrogen-bond acceptors (Lipinski definition) is 1. The van der Waals surface area contributed by atoms with Gasteiger partial charge < -0.3 is 5.10 Å². The Morgan fingerprint density at radius 1 is 1.54 bits per heavy atom. The van der Waals surface area contributed by atoms with Crippen LogP contribution in [0, 0.1) is 10.6 Å². The Morgan fingerprint density at radius 3 is 2.77 bits per heavy atom. The summed E-state index contributed by atoms with van der Waals surface area (Å²) in [5.74, 6) is 0.683. The third kappa shape index (κ3) is 2.99. The van der Waals surface area contributed by atoms with Crippen molar-refractivity contribution < 1.29 is 0 Å². The van der Waals surface area contributed by atoms with Crippen molar-refractivity contribution in [1.82, 2.24) is 9.78 Å². The van der Waals surface area contributed by atoms with Crippen molar-refractivity contribution in [3.63, 3.8) is 0 Å². The lowest BCUT2D eigenvalue weighted by Crippen LogP contribution is -2.01. The van der Waals surface area contributed by atoms with Crippen molar-refractivity contribution in [2.24, 2.45) is 5.92 Å². The van der Waals surface area contributed by atoms with Gasteiger partial charge in [0, 0.05) is 12.2 Å². The minimum absolute atomic E-state index is 0.683. The van der Waals surface area contributed by atoms with Crippen molar-refractivity contribution in [1.29, 1.82) is 0 Å². The van der Waals surface area contributed by atoms with Crippen LogP contribution < -0.4 is 0 Å². The standard InChI is InChI=1S/C10H18N2S/c1-4-5-12-10(13)7-9(11-12)6-8(2)3/h7-8,11H,4-6H2,1-3H3. The van der Waals surface area contributed by atoms with Crippen LogP contribution in [0.15, 0.2) is 6.07 Å². The van der Waals surface area contributed by atoms with E-state index in [1.165, 1.54) is 5.69 Å². The van der Waals surface area contributed by atoms with Crippen LogP contribution in [0.3, 0.4) is 0 Å². The average molecular weight is 198 g/mol. The minimum atomic E-state index is 0.683. The van der Waals surface area contributed by atoms with E-state index in [4.69, 9.17) is 12.2 Å². The minimum Gasteiger partial charge on any atom is -0.302 e. The van der Waals surface area contributed by atoms with Gasteiger partial charge >= 0.3 is 0 Å². The molecule has 1 aromatic rings. The number of nitrogens with zero attached hydrogens (tertiary/aromatic N) is 1. The van der Waals surface area contributed by atoms with Crippen molar-refractivity contribution in [2.45, 2.75) is 40.2 Å². The first-order valence-corrected chi connectivity index (χ1v) is 5.33. The summed E-state index contributed by atoms with van der Waals surface area (Å²) in [4.78, 5) is 0. The van der Waals surface area contributed by atoms with Gasteiger partial charge in [0.2, 0.25) is 0 Å². The number of aryl methyl sites for hydroxylation is 1. The fraction of sp³-hybridized carbons (Fsp3) is 0.700. The summed E-state index contributed by atoms with van der Waals surface area (Å²) in [6.07, 6.45) is 2.20. The van der Waals surface area contributed by atoms with E-state index in [9.17, 15) is 0 Å². The molecule has 0 aromatic carbocycles. The van der Waals surface area contributed by atoms with E-state index in [1.807, 2.05) is 4.68 Å². The van der Waals surface area contributed by atoms with E-state index in [-0.39, 0.29) is 0 Å². The number of aromatic amines is 1. The first-order valence-electron chi connectivity index (χ1n) is 4.92. The van der Waals surface area contributed by atoms with E-state index in [2.05, 4.69) is 31.9 Å². The summed E-state index contributed by atoms with van der Waals surface area (Å²) in [7, 11) is 0. The SMILES string of the molecule is CCCn1[nH]c(CC(C)C)cc1=S. The van der Waals surface area contributed by atoms with Crippen molar-refractivity contribution in [3.8, 4) is 0 Å². The van der Waals surface area contributed by atoms with Gasteiger partial charge in [-0.1, -0.05) is 33.0 Å². The maximum absolute atomic E-state index is 5.22. The summed E-state index contributed by atoms with van der Waals surface area (Å²) in [6, 6.07) is 2.07. The highest BCUT2D eigenvalue weighted by Crippen LogP contribution is 2.06. The van der Waals surface area contributed by atoms with E-state index in [0.717, 1.165) is 24.0 Å². The third-order valence-corrected chi connectivity index (χ3v) is 2.26. The van der Waals surface area contributed by atoms with Gasteiger partial charge in [0.05, 0.1) is 0 Å². The molecule has 74 valence electrons. The van der Waals surface area contributed by atoms with E-state index < -0.39 is 0 Å². The first-order chi connectivity index (χ1) is 6.13. The van der Waals surface area contributed by atoms with Crippen molar-refractivity contribution in [3.05, 3.63) is 16.4 Å². The Labute approximate surface area is 85.0 Å². The second-order valence-corrected chi connectivity index (χ2v) is 4.29. The summed E-state index contributed by atoms with van der Waals surface area (Å²) < 4.78 is 2.98. The molecule has 1 rings (SSSR count). The second-order valence-electron chi connectivity index (χ2n) is 3.87. The molecule has 0 spiro atoms. The number of rotatable bonds is 4. The van der Waals surface area contributed by atoms with Crippen molar-refractivity contribution in [2.75, 3.05) is 0 Å². The predicted octanol–water partition coefficient (Wildman–Crippen LogP) is 3.15. The molecule has 0 saturated carbocycles.